The molecule has 1 aliphatic carbocycles. The van der Waals surface area contributed by atoms with Crippen molar-refractivity contribution in [1.82, 2.24) is 4.90 Å². The van der Waals surface area contributed by atoms with Crippen LogP contribution in [0.3, 0.4) is 0 Å². The van der Waals surface area contributed by atoms with Gasteiger partial charge in [0.1, 0.15) is 0 Å². The van der Waals surface area contributed by atoms with E-state index < -0.39 is 5.60 Å². The summed E-state index contributed by atoms with van der Waals surface area (Å²) >= 11 is 6.45. The quantitative estimate of drug-likeness (QED) is 0.383. The van der Waals surface area contributed by atoms with E-state index in [1.165, 1.54) is 25.8 Å². The Kier molecular flexibility index (Phi) is 8.83. The van der Waals surface area contributed by atoms with Crippen LogP contribution in [0.15, 0.2) is 48.5 Å². The van der Waals surface area contributed by atoms with Crippen LogP contribution >= 0.6 is 11.6 Å². The Morgan fingerprint density at radius 1 is 1.12 bits per heavy atom. The van der Waals surface area contributed by atoms with Crippen molar-refractivity contribution in [3.05, 3.63) is 64.7 Å². The van der Waals surface area contributed by atoms with E-state index >= 15 is 0 Å². The Morgan fingerprint density at radius 3 is 2.62 bits per heavy atom. The maximum absolute atomic E-state index is 11.8. The Hall–Kier alpha value is -0.751. The number of likely N-dealkylation sites (tertiary alicyclic amines) is 1. The third-order valence-electron chi connectivity index (χ3n) is 7.32. The van der Waals surface area contributed by atoms with Crippen molar-refractivity contribution in [2.24, 2.45) is 0 Å². The molecule has 2 fully saturated rings. The second kappa shape index (κ2) is 11.6. The number of piperidine rings is 1. The van der Waals surface area contributed by atoms with E-state index in [-0.39, 0.29) is 27.1 Å². The Morgan fingerprint density at radius 2 is 1.91 bits per heavy atom. The second-order valence-electron chi connectivity index (χ2n) is 9.57. The third kappa shape index (κ3) is 6.22. The molecule has 1 saturated carbocycles. The zero-order valence-corrected chi connectivity index (χ0v) is 22.8. The molecule has 2 aliphatic rings. The Labute approximate surface area is 208 Å². The minimum atomic E-state index is -0.632. The molecular weight excluding hydrogens is 524 g/mol. The first-order valence-electron chi connectivity index (χ1n) is 12.2. The Balaban J connectivity index is 1.52. The number of ether oxygens (including phenoxy) is 1. The van der Waals surface area contributed by atoms with Gasteiger partial charge in [-0.3, -0.25) is 0 Å². The summed E-state index contributed by atoms with van der Waals surface area (Å²) in [6, 6.07) is 16.4. The molecule has 2 radical (unpaired) electrons. The summed E-state index contributed by atoms with van der Waals surface area (Å²) < 4.78 is 6.96. The van der Waals surface area contributed by atoms with Crippen molar-refractivity contribution in [3.8, 4) is 5.75 Å². The van der Waals surface area contributed by atoms with Crippen LogP contribution in [0, 0.1) is 0 Å². The number of hydrogen-bond acceptors (Lipinski definition) is 3. The summed E-state index contributed by atoms with van der Waals surface area (Å²) in [7, 11) is 0. The van der Waals surface area contributed by atoms with Crippen molar-refractivity contribution >= 4 is 32.7 Å². The summed E-state index contributed by atoms with van der Waals surface area (Å²) in [4.78, 5) is 5.10. The molecule has 1 N–H and O–H groups in total. The van der Waals surface area contributed by atoms with E-state index in [0.717, 1.165) is 53.8 Å². The van der Waals surface area contributed by atoms with Crippen LogP contribution in [0.4, 0.5) is 0 Å². The third-order valence-corrected chi connectivity index (χ3v) is 11.3. The predicted molar refractivity (Wildman–Crippen MR) is 134 cm³/mol. The molecule has 0 spiro atoms. The van der Waals surface area contributed by atoms with Crippen LogP contribution in [-0.2, 0) is 6.61 Å². The van der Waals surface area contributed by atoms with Gasteiger partial charge >= 0.3 is 179 Å². The normalized spacial score (nSPS) is 22.4. The first-order valence-corrected chi connectivity index (χ1v) is 17.0. The summed E-state index contributed by atoms with van der Waals surface area (Å²) in [6.45, 7) is 3.83. The van der Waals surface area contributed by atoms with Crippen molar-refractivity contribution in [2.75, 3.05) is 19.6 Å². The molecule has 1 saturated heterocycles. The molecule has 32 heavy (non-hydrogen) atoms. The maximum atomic E-state index is 11.8. The number of rotatable bonds is 8. The van der Waals surface area contributed by atoms with Gasteiger partial charge in [0.15, 0.2) is 0 Å². The number of halogens is 1. The number of aliphatic hydroxyl groups is 1. The van der Waals surface area contributed by atoms with Crippen LogP contribution in [0.2, 0.25) is 13.9 Å². The molecule has 2 aromatic rings. The van der Waals surface area contributed by atoms with E-state index in [4.69, 9.17) is 16.3 Å². The molecule has 4 rings (SSSR count). The van der Waals surface area contributed by atoms with Crippen LogP contribution in [0.5, 0.6) is 5.75 Å². The molecule has 3 nitrogen and oxygen atoms in total. The van der Waals surface area contributed by atoms with Crippen molar-refractivity contribution in [2.45, 2.75) is 71.9 Å². The molecule has 0 aromatic heterocycles. The summed E-state index contributed by atoms with van der Waals surface area (Å²) in [5.41, 5.74) is 1.65. The molecule has 2 atom stereocenters. The molecule has 5 heteroatoms. The molecule has 0 bridgehead atoms. The molecule has 2 aromatic carbocycles. The molecule has 1 heterocycles. The van der Waals surface area contributed by atoms with E-state index in [1.54, 1.807) is 0 Å². The van der Waals surface area contributed by atoms with Crippen LogP contribution in [-0.4, -0.2) is 56.4 Å². The number of nitrogens with zero attached hydrogens (tertiary/aromatic N) is 1. The summed E-state index contributed by atoms with van der Waals surface area (Å²) in [5, 5.41) is 12.4. The molecular formula is C27H36ClNO2Sn. The summed E-state index contributed by atoms with van der Waals surface area (Å²) in [6.07, 6.45) is 7.96. The Bertz CT molecular complexity index is 856. The first-order chi connectivity index (χ1) is 15.6. The van der Waals surface area contributed by atoms with Gasteiger partial charge < -0.3 is 0 Å². The van der Waals surface area contributed by atoms with Crippen LogP contribution in [0.1, 0.15) is 62.0 Å². The van der Waals surface area contributed by atoms with Crippen molar-refractivity contribution in [3.63, 3.8) is 0 Å². The topological polar surface area (TPSA) is 32.7 Å². The predicted octanol–water partition coefficient (Wildman–Crippen LogP) is 6.33. The molecule has 0 amide bonds. The van der Waals surface area contributed by atoms with Gasteiger partial charge in [0, 0.05) is 0 Å². The zero-order chi connectivity index (χ0) is 22.4. The fourth-order valence-corrected chi connectivity index (χ4v) is 8.31. The SMILES string of the molecule is [CH3][Sn][C@@H]1CCCN(CC(c2ccc(OCc3ccccc3)c(Cl)c2)C2(O)CCCCC2)C1. The standard InChI is InChI=1S/C26H33ClNO2.CH3.Sn/c27-24-18-22(12-13-25(24)30-20-21-10-4-1-5-11-21)23(19-28-16-8-3-9-17-28)26(29)14-6-2-7-15-26;;/h1,4-5,8,10-13,18,23,29H,2-3,6-7,9,14-17,19-20H2;1H3;. The monoisotopic (exact) mass is 561 g/mol. The average molecular weight is 561 g/mol. The van der Waals surface area contributed by atoms with Crippen LogP contribution in [0.25, 0.3) is 0 Å². The van der Waals surface area contributed by atoms with Gasteiger partial charge in [0.2, 0.25) is 0 Å². The molecule has 1 aliphatic heterocycles. The number of benzene rings is 2. The van der Waals surface area contributed by atoms with E-state index in [2.05, 4.69) is 34.1 Å². The second-order valence-corrected chi connectivity index (χ2v) is 14.0. The average Bonchev–Trinajstić information content (AvgIpc) is 2.83. The van der Waals surface area contributed by atoms with Crippen molar-refractivity contribution in [1.29, 1.82) is 0 Å². The fraction of sp³-hybridized carbons (Fsp3) is 0.556. The van der Waals surface area contributed by atoms with E-state index in [0.29, 0.717) is 17.4 Å². The molecule has 1 unspecified atom stereocenters. The van der Waals surface area contributed by atoms with E-state index in [1.807, 2.05) is 24.3 Å². The number of hydrogen-bond donors (Lipinski definition) is 1. The van der Waals surface area contributed by atoms with Gasteiger partial charge in [-0.25, -0.2) is 0 Å². The first kappa shape index (κ1) is 24.4. The van der Waals surface area contributed by atoms with Gasteiger partial charge in [-0.05, 0) is 0 Å². The van der Waals surface area contributed by atoms with Crippen LogP contribution < -0.4 is 4.74 Å². The molecule has 172 valence electrons. The van der Waals surface area contributed by atoms with Gasteiger partial charge in [-0.2, -0.15) is 0 Å². The summed E-state index contributed by atoms with van der Waals surface area (Å²) in [5.74, 6) is 0.814. The van der Waals surface area contributed by atoms with Gasteiger partial charge in [-0.15, -0.1) is 0 Å². The van der Waals surface area contributed by atoms with Gasteiger partial charge in [-0.1, -0.05) is 30.3 Å². The minimum absolute atomic E-state index is 0.101. The van der Waals surface area contributed by atoms with Gasteiger partial charge in [0.25, 0.3) is 0 Å². The van der Waals surface area contributed by atoms with Gasteiger partial charge in [0.05, 0.1) is 0 Å². The van der Waals surface area contributed by atoms with E-state index in [9.17, 15) is 5.11 Å². The fourth-order valence-electron chi connectivity index (χ4n) is 5.40. The van der Waals surface area contributed by atoms with Crippen molar-refractivity contribution < 1.29 is 9.84 Å². The zero-order valence-electron chi connectivity index (χ0n) is 19.2.